The number of carbonyl (C=O) groups excluding carboxylic acids is 2. The maximum Gasteiger partial charge on any atom is 0.245 e. The van der Waals surface area contributed by atoms with Crippen molar-refractivity contribution in [1.29, 1.82) is 0 Å². The summed E-state index contributed by atoms with van der Waals surface area (Å²) in [6.07, 6.45) is 5.08. The minimum Gasteiger partial charge on any atom is -0.344 e. The van der Waals surface area contributed by atoms with Crippen LogP contribution in [0.15, 0.2) is 23.1 Å². The summed E-state index contributed by atoms with van der Waals surface area (Å²) >= 11 is 0. The molecule has 1 aromatic rings. The van der Waals surface area contributed by atoms with Gasteiger partial charge in [0, 0.05) is 32.1 Å². The quantitative estimate of drug-likeness (QED) is 0.703. The molecule has 2 aliphatic rings. The molecule has 1 aromatic carbocycles. The maximum absolute atomic E-state index is 13.2. The average Bonchev–Trinajstić information content (AvgIpc) is 2.77. The Morgan fingerprint density at radius 1 is 1.00 bits per heavy atom. The lowest BCUT2D eigenvalue weighted by Crippen LogP contribution is -2.57. The van der Waals surface area contributed by atoms with Gasteiger partial charge in [-0.15, -0.1) is 0 Å². The summed E-state index contributed by atoms with van der Waals surface area (Å²) in [5, 5.41) is 3.00. The number of amides is 2. The predicted octanol–water partition coefficient (Wildman–Crippen LogP) is 2.86. The number of carbonyl (C=O) groups is 2. The van der Waals surface area contributed by atoms with Crippen molar-refractivity contribution in [3.63, 3.8) is 0 Å². The van der Waals surface area contributed by atoms with Crippen LogP contribution in [0, 0.1) is 25.7 Å². The number of hydrogen-bond acceptors (Lipinski definition) is 4. The molecule has 1 aliphatic heterocycles. The fourth-order valence-corrected chi connectivity index (χ4v) is 6.35. The number of piperazine rings is 1. The summed E-state index contributed by atoms with van der Waals surface area (Å²) in [4.78, 5) is 28.0. The van der Waals surface area contributed by atoms with Gasteiger partial charge in [-0.1, -0.05) is 50.8 Å². The van der Waals surface area contributed by atoms with Gasteiger partial charge < -0.3 is 10.2 Å². The maximum atomic E-state index is 13.2. The van der Waals surface area contributed by atoms with Crippen LogP contribution in [0.4, 0.5) is 0 Å². The Morgan fingerprint density at radius 2 is 1.62 bits per heavy atom. The van der Waals surface area contributed by atoms with Crippen LogP contribution >= 0.6 is 0 Å². The van der Waals surface area contributed by atoms with Gasteiger partial charge in [0.1, 0.15) is 6.04 Å². The Hall–Kier alpha value is -1.93. The van der Waals surface area contributed by atoms with Gasteiger partial charge in [-0.2, -0.15) is 4.31 Å². The van der Waals surface area contributed by atoms with E-state index >= 15 is 0 Å². The van der Waals surface area contributed by atoms with Gasteiger partial charge in [-0.3, -0.25) is 9.59 Å². The number of hydrogen-bond donors (Lipinski definition) is 1. The summed E-state index contributed by atoms with van der Waals surface area (Å²) < 4.78 is 27.7. The second-order valence-corrected chi connectivity index (χ2v) is 11.5. The third kappa shape index (κ3) is 5.52. The summed E-state index contributed by atoms with van der Waals surface area (Å²) in [7, 11) is -3.60. The van der Waals surface area contributed by atoms with Gasteiger partial charge in [-0.25, -0.2) is 8.42 Å². The van der Waals surface area contributed by atoms with E-state index in [-0.39, 0.29) is 36.7 Å². The van der Waals surface area contributed by atoms with Gasteiger partial charge in [0.15, 0.2) is 0 Å². The molecule has 1 unspecified atom stereocenters. The van der Waals surface area contributed by atoms with Crippen molar-refractivity contribution in [1.82, 2.24) is 14.5 Å². The molecule has 3 rings (SSSR count). The van der Waals surface area contributed by atoms with Gasteiger partial charge in [-0.05, 0) is 44.2 Å². The third-order valence-electron chi connectivity index (χ3n) is 6.71. The lowest BCUT2D eigenvalue weighted by atomic mass is 9.88. The first-order valence-electron chi connectivity index (χ1n) is 11.8. The zero-order valence-corrected chi connectivity index (χ0v) is 20.6. The monoisotopic (exact) mass is 463 g/mol. The zero-order valence-electron chi connectivity index (χ0n) is 19.8. The van der Waals surface area contributed by atoms with Crippen LogP contribution in [0.25, 0.3) is 0 Å². The highest BCUT2D eigenvalue weighted by Crippen LogP contribution is 2.25. The number of sulfonamides is 1. The molecule has 1 saturated carbocycles. The molecule has 1 N–H and O–H groups in total. The van der Waals surface area contributed by atoms with E-state index in [4.69, 9.17) is 0 Å². The van der Waals surface area contributed by atoms with Crippen molar-refractivity contribution < 1.29 is 18.0 Å². The highest BCUT2D eigenvalue weighted by Gasteiger charge is 2.35. The van der Waals surface area contributed by atoms with Crippen LogP contribution in [-0.2, 0) is 19.6 Å². The number of nitrogens with zero attached hydrogens (tertiary/aromatic N) is 2. The first-order chi connectivity index (χ1) is 15.1. The molecule has 1 saturated heterocycles. The van der Waals surface area contributed by atoms with Gasteiger partial charge >= 0.3 is 0 Å². The van der Waals surface area contributed by atoms with Crippen molar-refractivity contribution in [2.45, 2.75) is 70.7 Å². The smallest absolute Gasteiger partial charge is 0.245 e. The Balaban J connectivity index is 1.63. The largest absolute Gasteiger partial charge is 0.344 e. The molecule has 2 fully saturated rings. The summed E-state index contributed by atoms with van der Waals surface area (Å²) in [6, 6.07) is 4.76. The Kier molecular flexibility index (Phi) is 7.98. The van der Waals surface area contributed by atoms with Crippen LogP contribution in [-0.4, -0.2) is 61.7 Å². The van der Waals surface area contributed by atoms with Gasteiger partial charge in [0.05, 0.1) is 4.90 Å². The predicted molar refractivity (Wildman–Crippen MR) is 125 cm³/mol. The highest BCUT2D eigenvalue weighted by atomic mass is 32.2. The van der Waals surface area contributed by atoms with Crippen molar-refractivity contribution in [3.8, 4) is 0 Å². The fraction of sp³-hybridized carbons (Fsp3) is 0.667. The van der Waals surface area contributed by atoms with E-state index in [9.17, 15) is 18.0 Å². The SMILES string of the molecule is Cc1ccc(S(=O)(=O)N2CCN(C(=O)C(NC(=O)C3CCCCC3)C(C)C)CC2)c(C)c1. The normalized spacial score (nSPS) is 19.7. The molecular weight excluding hydrogens is 426 g/mol. The molecule has 32 heavy (non-hydrogen) atoms. The molecule has 0 spiro atoms. The topological polar surface area (TPSA) is 86.8 Å². The highest BCUT2D eigenvalue weighted by molar-refractivity contribution is 7.89. The van der Waals surface area contributed by atoms with E-state index in [1.165, 1.54) is 10.7 Å². The Bertz CT molecular complexity index is 931. The number of benzene rings is 1. The molecule has 1 heterocycles. The molecule has 0 radical (unpaired) electrons. The standard InChI is InChI=1S/C24H37N3O4S/c1-17(2)22(25-23(28)20-8-6-5-7-9-20)24(29)26-12-14-27(15-13-26)32(30,31)21-11-10-18(3)16-19(21)4/h10-11,16-17,20,22H,5-9,12-15H2,1-4H3,(H,25,28). The van der Waals surface area contributed by atoms with E-state index < -0.39 is 16.1 Å². The molecule has 1 aliphatic carbocycles. The van der Waals surface area contributed by atoms with E-state index in [1.807, 2.05) is 39.8 Å². The van der Waals surface area contributed by atoms with Crippen LogP contribution in [0.1, 0.15) is 57.1 Å². The van der Waals surface area contributed by atoms with Crippen LogP contribution in [0.3, 0.4) is 0 Å². The van der Waals surface area contributed by atoms with E-state index in [1.54, 1.807) is 11.0 Å². The summed E-state index contributed by atoms with van der Waals surface area (Å²) in [5.74, 6) is -0.176. The zero-order chi connectivity index (χ0) is 23.5. The molecule has 8 heteroatoms. The number of aryl methyl sites for hydroxylation is 2. The van der Waals surface area contributed by atoms with Gasteiger partial charge in [0.25, 0.3) is 0 Å². The minimum absolute atomic E-state index is 0.00228. The Labute approximate surface area is 192 Å². The Morgan fingerprint density at radius 3 is 2.19 bits per heavy atom. The average molecular weight is 464 g/mol. The lowest BCUT2D eigenvalue weighted by Gasteiger charge is -2.37. The van der Waals surface area contributed by atoms with E-state index in [0.29, 0.717) is 18.0 Å². The van der Waals surface area contributed by atoms with Crippen LogP contribution in [0.2, 0.25) is 0 Å². The van der Waals surface area contributed by atoms with Crippen molar-refractivity contribution in [3.05, 3.63) is 29.3 Å². The van der Waals surface area contributed by atoms with Crippen molar-refractivity contribution in [2.75, 3.05) is 26.2 Å². The van der Waals surface area contributed by atoms with Gasteiger partial charge in [0.2, 0.25) is 21.8 Å². The lowest BCUT2D eigenvalue weighted by molar-refractivity contribution is -0.139. The fourth-order valence-electron chi connectivity index (χ4n) is 4.72. The first-order valence-corrected chi connectivity index (χ1v) is 13.2. The third-order valence-corrected chi connectivity index (χ3v) is 8.76. The molecule has 178 valence electrons. The number of rotatable bonds is 6. The van der Waals surface area contributed by atoms with E-state index in [0.717, 1.165) is 36.8 Å². The minimum atomic E-state index is -3.60. The second-order valence-electron chi connectivity index (χ2n) is 9.56. The molecular formula is C24H37N3O4S. The summed E-state index contributed by atoms with van der Waals surface area (Å²) in [5.41, 5.74) is 1.75. The van der Waals surface area contributed by atoms with Crippen LogP contribution in [0.5, 0.6) is 0 Å². The summed E-state index contributed by atoms with van der Waals surface area (Å²) in [6.45, 7) is 8.77. The van der Waals surface area contributed by atoms with Crippen LogP contribution < -0.4 is 5.32 Å². The molecule has 1 atom stereocenters. The van der Waals surface area contributed by atoms with E-state index in [2.05, 4.69) is 5.32 Å². The van der Waals surface area contributed by atoms with Crippen molar-refractivity contribution in [2.24, 2.45) is 11.8 Å². The molecule has 0 aromatic heterocycles. The molecule has 7 nitrogen and oxygen atoms in total. The molecule has 2 amide bonds. The second kappa shape index (κ2) is 10.3. The number of nitrogens with one attached hydrogen (secondary N) is 1. The first kappa shape index (κ1) is 24.7. The molecule has 0 bridgehead atoms. The van der Waals surface area contributed by atoms with Crippen molar-refractivity contribution >= 4 is 21.8 Å².